The van der Waals surface area contributed by atoms with Crippen LogP contribution >= 0.6 is 0 Å². The van der Waals surface area contributed by atoms with Crippen LogP contribution in [-0.2, 0) is 4.74 Å². The van der Waals surface area contributed by atoms with Crippen LogP contribution in [0.25, 0.3) is 0 Å². The van der Waals surface area contributed by atoms with Crippen molar-refractivity contribution in [3.8, 4) is 0 Å². The van der Waals surface area contributed by atoms with E-state index in [2.05, 4.69) is 29.6 Å². The molecular weight excluding hydrogens is 274 g/mol. The van der Waals surface area contributed by atoms with Crippen LogP contribution in [-0.4, -0.2) is 18.0 Å². The topological polar surface area (TPSA) is 41.8 Å². The summed E-state index contributed by atoms with van der Waals surface area (Å²) in [6, 6.07) is 0. The van der Waals surface area contributed by atoms with E-state index in [1.54, 1.807) is 14.0 Å². The van der Waals surface area contributed by atoms with E-state index in [0.717, 1.165) is 48.3 Å². The van der Waals surface area contributed by atoms with E-state index in [1.165, 1.54) is 0 Å². The minimum atomic E-state index is 0.333. The predicted octanol–water partition coefficient (Wildman–Crippen LogP) is 6.36. The van der Waals surface area contributed by atoms with Crippen LogP contribution in [0.2, 0.25) is 0 Å². The first-order valence-electron chi connectivity index (χ1n) is 8.00. The van der Waals surface area contributed by atoms with Crippen molar-refractivity contribution in [2.24, 2.45) is 11.1 Å². The molecule has 0 unspecified atom stereocenters. The van der Waals surface area contributed by atoms with Crippen LogP contribution in [0.15, 0.2) is 41.8 Å². The zero-order valence-electron chi connectivity index (χ0n) is 15.8. The first-order chi connectivity index (χ1) is 10.3. The smallest absolute Gasteiger partial charge is 0.0853 e. The van der Waals surface area contributed by atoms with Gasteiger partial charge in [0.1, 0.15) is 0 Å². The molecule has 0 aliphatic carbocycles. The standard InChI is InChI=1S/C13H23NO.C4H8O.C2H6/c1-10(2)12(5)8-6-7-9-13(14-15)11(3)4;1-4(2)5-3;1-2/h11,15H,1,5-9H2,2-4H3;1H2,2-3H3;1-2H3/b14-13+;;. The van der Waals surface area contributed by atoms with Crippen molar-refractivity contribution in [2.45, 2.75) is 67.2 Å². The first-order valence-corrected chi connectivity index (χ1v) is 8.00. The molecule has 0 aromatic carbocycles. The van der Waals surface area contributed by atoms with Crippen molar-refractivity contribution in [1.82, 2.24) is 0 Å². The molecule has 0 rings (SSSR count). The number of rotatable bonds is 8. The van der Waals surface area contributed by atoms with Gasteiger partial charge in [-0.05, 0) is 45.4 Å². The molecule has 0 radical (unpaired) electrons. The van der Waals surface area contributed by atoms with Crippen LogP contribution in [0.4, 0.5) is 0 Å². The minimum Gasteiger partial charge on any atom is -0.502 e. The summed E-state index contributed by atoms with van der Waals surface area (Å²) in [5, 5.41) is 12.1. The van der Waals surface area contributed by atoms with Crippen molar-refractivity contribution in [2.75, 3.05) is 7.11 Å². The fraction of sp³-hybridized carbons (Fsp3) is 0.632. The van der Waals surface area contributed by atoms with Crippen LogP contribution in [0.1, 0.15) is 67.2 Å². The third kappa shape index (κ3) is 18.5. The molecule has 0 aromatic heterocycles. The molecule has 0 saturated carbocycles. The molecule has 0 aromatic rings. The third-order valence-corrected chi connectivity index (χ3v) is 2.91. The second kappa shape index (κ2) is 17.5. The van der Waals surface area contributed by atoms with E-state index in [0.29, 0.717) is 5.92 Å². The molecule has 0 atom stereocenters. The Morgan fingerprint density at radius 1 is 1.05 bits per heavy atom. The minimum absolute atomic E-state index is 0.333. The summed E-state index contributed by atoms with van der Waals surface area (Å²) in [5.74, 6) is 1.09. The van der Waals surface area contributed by atoms with Gasteiger partial charge in [-0.15, -0.1) is 0 Å². The maximum Gasteiger partial charge on any atom is 0.0853 e. The molecule has 1 N–H and O–H groups in total. The second-order valence-electron chi connectivity index (χ2n) is 5.24. The third-order valence-electron chi connectivity index (χ3n) is 2.91. The largest absolute Gasteiger partial charge is 0.502 e. The summed E-state index contributed by atoms with van der Waals surface area (Å²) in [4.78, 5) is 0. The molecule has 0 amide bonds. The van der Waals surface area contributed by atoms with Gasteiger partial charge in [-0.2, -0.15) is 0 Å². The number of oxime groups is 1. The van der Waals surface area contributed by atoms with Gasteiger partial charge in [0.05, 0.1) is 18.6 Å². The van der Waals surface area contributed by atoms with Crippen molar-refractivity contribution in [3.05, 3.63) is 36.6 Å². The fourth-order valence-corrected chi connectivity index (χ4v) is 1.31. The van der Waals surface area contributed by atoms with Crippen LogP contribution in [0.3, 0.4) is 0 Å². The summed E-state index contributed by atoms with van der Waals surface area (Å²) in [5.41, 5.74) is 3.08. The maximum atomic E-state index is 8.75. The van der Waals surface area contributed by atoms with Gasteiger partial charge in [-0.25, -0.2) is 0 Å². The van der Waals surface area contributed by atoms with Gasteiger partial charge in [-0.1, -0.05) is 63.7 Å². The Morgan fingerprint density at radius 3 is 1.73 bits per heavy atom. The highest BCUT2D eigenvalue weighted by Crippen LogP contribution is 2.15. The quantitative estimate of drug-likeness (QED) is 0.141. The normalized spacial score (nSPS) is 9.91. The lowest BCUT2D eigenvalue weighted by molar-refractivity contribution is 0.295. The zero-order chi connectivity index (χ0) is 18.1. The predicted molar refractivity (Wildman–Crippen MR) is 99.7 cm³/mol. The molecule has 22 heavy (non-hydrogen) atoms. The van der Waals surface area contributed by atoms with Gasteiger partial charge >= 0.3 is 0 Å². The van der Waals surface area contributed by atoms with Crippen molar-refractivity contribution in [3.63, 3.8) is 0 Å². The molecule has 3 nitrogen and oxygen atoms in total. The van der Waals surface area contributed by atoms with Gasteiger partial charge in [-0.3, -0.25) is 0 Å². The average molecular weight is 312 g/mol. The van der Waals surface area contributed by atoms with E-state index in [9.17, 15) is 0 Å². The van der Waals surface area contributed by atoms with E-state index in [1.807, 2.05) is 34.6 Å². The highest BCUT2D eigenvalue weighted by Gasteiger charge is 2.05. The highest BCUT2D eigenvalue weighted by atomic mass is 16.5. The lowest BCUT2D eigenvalue weighted by Crippen LogP contribution is -2.07. The molecule has 3 heteroatoms. The Morgan fingerprint density at radius 2 is 1.45 bits per heavy atom. The zero-order valence-corrected chi connectivity index (χ0v) is 15.8. The van der Waals surface area contributed by atoms with Crippen molar-refractivity contribution in [1.29, 1.82) is 0 Å². The van der Waals surface area contributed by atoms with Crippen LogP contribution < -0.4 is 0 Å². The van der Waals surface area contributed by atoms with Gasteiger partial charge in [0, 0.05) is 0 Å². The number of hydrogen-bond acceptors (Lipinski definition) is 3. The Bertz CT molecular complexity index is 341. The second-order valence-corrected chi connectivity index (χ2v) is 5.24. The summed E-state index contributed by atoms with van der Waals surface area (Å²) in [7, 11) is 1.60. The number of allylic oxidation sites excluding steroid dienone is 3. The van der Waals surface area contributed by atoms with Crippen LogP contribution in [0, 0.1) is 5.92 Å². The number of ether oxygens (including phenoxy) is 1. The van der Waals surface area contributed by atoms with Crippen molar-refractivity contribution >= 4 is 5.71 Å². The highest BCUT2D eigenvalue weighted by molar-refractivity contribution is 5.85. The van der Waals surface area contributed by atoms with Gasteiger partial charge in [0.2, 0.25) is 0 Å². The molecule has 0 heterocycles. The summed E-state index contributed by atoms with van der Waals surface area (Å²) < 4.78 is 4.56. The molecule has 0 aliphatic rings. The average Bonchev–Trinajstić information content (AvgIpc) is 2.49. The van der Waals surface area contributed by atoms with Crippen molar-refractivity contribution < 1.29 is 9.94 Å². The van der Waals surface area contributed by atoms with Gasteiger partial charge in [0.25, 0.3) is 0 Å². The maximum absolute atomic E-state index is 8.75. The Kier molecular flexibility index (Phi) is 20.3. The number of nitrogens with zero attached hydrogens (tertiary/aromatic N) is 1. The Labute approximate surface area is 138 Å². The Hall–Kier alpha value is -1.51. The lowest BCUT2D eigenvalue weighted by atomic mass is 9.99. The summed E-state index contributed by atoms with van der Waals surface area (Å²) in [6.07, 6.45) is 3.99. The molecule has 0 spiro atoms. The lowest BCUT2D eigenvalue weighted by Gasteiger charge is -2.08. The summed E-state index contributed by atoms with van der Waals surface area (Å²) in [6.45, 7) is 23.1. The van der Waals surface area contributed by atoms with Gasteiger partial charge < -0.3 is 9.94 Å². The SMILES string of the molecule is C=C(C)C(=C)CCCC/C(=N\O)C(C)C.C=C(C)OC.CC. The molecule has 0 saturated heterocycles. The Balaban J connectivity index is -0.000000434. The molecule has 0 fully saturated rings. The van der Waals surface area contributed by atoms with E-state index in [4.69, 9.17) is 5.21 Å². The number of hydrogen-bond donors (Lipinski definition) is 1. The molecule has 0 aliphatic heterocycles. The van der Waals surface area contributed by atoms with Crippen LogP contribution in [0.5, 0.6) is 0 Å². The summed E-state index contributed by atoms with van der Waals surface area (Å²) >= 11 is 0. The monoisotopic (exact) mass is 311 g/mol. The molecule has 0 bridgehead atoms. The molecule has 130 valence electrons. The number of unbranched alkanes of at least 4 members (excludes halogenated alkanes) is 1. The first kappa shape index (κ1) is 25.4. The van der Waals surface area contributed by atoms with E-state index >= 15 is 0 Å². The van der Waals surface area contributed by atoms with E-state index < -0.39 is 0 Å². The van der Waals surface area contributed by atoms with E-state index in [-0.39, 0.29) is 0 Å². The number of methoxy groups -OCH3 is 1. The van der Waals surface area contributed by atoms with Gasteiger partial charge in [0.15, 0.2) is 0 Å². The molecular formula is C19H37NO2. The fourth-order valence-electron chi connectivity index (χ4n) is 1.31.